The van der Waals surface area contributed by atoms with Gasteiger partial charge in [0.05, 0.1) is 0 Å². The molecular formula is C10H14N2. The molecule has 4 N–H and O–H groups in total. The van der Waals surface area contributed by atoms with E-state index in [0.717, 1.165) is 17.2 Å². The molecule has 1 saturated carbocycles. The fraction of sp³-hybridized carbons (Fsp3) is 0.400. The van der Waals surface area contributed by atoms with Crippen LogP contribution < -0.4 is 11.5 Å². The molecule has 0 aromatic heterocycles. The molecule has 2 heteroatoms. The second-order valence-electron chi connectivity index (χ2n) is 3.44. The van der Waals surface area contributed by atoms with Crippen LogP contribution in [0, 0.1) is 0 Å². The van der Waals surface area contributed by atoms with Gasteiger partial charge in [0.1, 0.15) is 0 Å². The predicted octanol–water partition coefficient (Wildman–Crippen LogP) is 1.60. The van der Waals surface area contributed by atoms with Crippen LogP contribution in [0.2, 0.25) is 0 Å². The van der Waals surface area contributed by atoms with E-state index in [1.807, 2.05) is 6.07 Å². The molecule has 1 aromatic carbocycles. The predicted molar refractivity (Wildman–Crippen MR) is 50.7 cm³/mol. The van der Waals surface area contributed by atoms with Crippen LogP contribution in [0.5, 0.6) is 0 Å². The Morgan fingerprint density at radius 3 is 2.58 bits per heavy atom. The lowest BCUT2D eigenvalue weighted by Gasteiger charge is -2.04. The van der Waals surface area contributed by atoms with E-state index in [1.165, 1.54) is 18.4 Å². The molecule has 2 nitrogen and oxygen atoms in total. The summed E-state index contributed by atoms with van der Waals surface area (Å²) in [6, 6.07) is 6.26. The third-order valence-corrected chi connectivity index (χ3v) is 2.44. The number of benzene rings is 1. The zero-order chi connectivity index (χ0) is 8.55. The topological polar surface area (TPSA) is 52.0 Å². The van der Waals surface area contributed by atoms with Crippen LogP contribution in [0.15, 0.2) is 18.2 Å². The number of nitrogens with two attached hydrogens (primary N) is 2. The first-order valence-electron chi connectivity index (χ1n) is 4.39. The zero-order valence-electron chi connectivity index (χ0n) is 7.09. The van der Waals surface area contributed by atoms with Gasteiger partial charge in [-0.2, -0.15) is 0 Å². The van der Waals surface area contributed by atoms with Gasteiger partial charge in [-0.1, -0.05) is 12.1 Å². The van der Waals surface area contributed by atoms with Gasteiger partial charge in [0, 0.05) is 12.2 Å². The summed E-state index contributed by atoms with van der Waals surface area (Å²) >= 11 is 0. The van der Waals surface area contributed by atoms with Crippen LogP contribution >= 0.6 is 0 Å². The lowest BCUT2D eigenvalue weighted by Crippen LogP contribution is -2.01. The summed E-state index contributed by atoms with van der Waals surface area (Å²) in [4.78, 5) is 0. The molecule has 0 bridgehead atoms. The minimum absolute atomic E-state index is 0.538. The van der Waals surface area contributed by atoms with Gasteiger partial charge in [0.2, 0.25) is 0 Å². The van der Waals surface area contributed by atoms with Crippen LogP contribution in [-0.2, 0) is 6.54 Å². The van der Waals surface area contributed by atoms with E-state index in [-0.39, 0.29) is 0 Å². The van der Waals surface area contributed by atoms with E-state index in [1.54, 1.807) is 0 Å². The monoisotopic (exact) mass is 162 g/mol. The smallest absolute Gasteiger partial charge is 0.0362 e. The fourth-order valence-corrected chi connectivity index (χ4v) is 1.47. The van der Waals surface area contributed by atoms with Gasteiger partial charge in [-0.05, 0) is 36.0 Å². The van der Waals surface area contributed by atoms with Crippen molar-refractivity contribution in [3.63, 3.8) is 0 Å². The summed E-state index contributed by atoms with van der Waals surface area (Å²) < 4.78 is 0. The van der Waals surface area contributed by atoms with Crippen molar-refractivity contribution >= 4 is 5.69 Å². The van der Waals surface area contributed by atoms with Crippen molar-refractivity contribution in [3.05, 3.63) is 29.3 Å². The van der Waals surface area contributed by atoms with Crippen molar-refractivity contribution in [3.8, 4) is 0 Å². The van der Waals surface area contributed by atoms with Crippen LogP contribution in [0.1, 0.15) is 29.9 Å². The molecule has 0 atom stereocenters. The molecule has 0 spiro atoms. The minimum Gasteiger partial charge on any atom is -0.398 e. The van der Waals surface area contributed by atoms with E-state index in [9.17, 15) is 0 Å². The summed E-state index contributed by atoms with van der Waals surface area (Å²) in [6.45, 7) is 0.538. The molecule has 12 heavy (non-hydrogen) atoms. The van der Waals surface area contributed by atoms with Crippen molar-refractivity contribution in [2.24, 2.45) is 5.73 Å². The van der Waals surface area contributed by atoms with E-state index < -0.39 is 0 Å². The highest BCUT2D eigenvalue weighted by molar-refractivity contribution is 5.50. The molecule has 0 heterocycles. The fourth-order valence-electron chi connectivity index (χ4n) is 1.47. The van der Waals surface area contributed by atoms with Gasteiger partial charge in [0.15, 0.2) is 0 Å². The second kappa shape index (κ2) is 2.79. The van der Waals surface area contributed by atoms with Gasteiger partial charge in [0.25, 0.3) is 0 Å². The molecule has 0 unspecified atom stereocenters. The Morgan fingerprint density at radius 1 is 1.33 bits per heavy atom. The Kier molecular flexibility index (Phi) is 1.77. The van der Waals surface area contributed by atoms with Gasteiger partial charge in [-0.15, -0.1) is 0 Å². The Hall–Kier alpha value is -1.02. The Bertz CT molecular complexity index is 290. The van der Waals surface area contributed by atoms with E-state index >= 15 is 0 Å². The summed E-state index contributed by atoms with van der Waals surface area (Å²) in [5, 5.41) is 0. The van der Waals surface area contributed by atoms with Gasteiger partial charge < -0.3 is 11.5 Å². The van der Waals surface area contributed by atoms with E-state index in [0.29, 0.717) is 6.54 Å². The van der Waals surface area contributed by atoms with Crippen LogP contribution in [0.4, 0.5) is 5.69 Å². The number of hydrogen-bond donors (Lipinski definition) is 2. The molecule has 0 amide bonds. The highest BCUT2D eigenvalue weighted by atomic mass is 14.6. The molecule has 1 aromatic rings. The summed E-state index contributed by atoms with van der Waals surface area (Å²) in [5.41, 5.74) is 14.6. The highest BCUT2D eigenvalue weighted by Crippen LogP contribution is 2.40. The van der Waals surface area contributed by atoms with Gasteiger partial charge in [-0.3, -0.25) is 0 Å². The van der Waals surface area contributed by atoms with Crippen molar-refractivity contribution in [2.45, 2.75) is 25.3 Å². The maximum absolute atomic E-state index is 5.82. The molecule has 1 aliphatic rings. The SMILES string of the molecule is NCc1ccc(C2CC2)cc1N. The minimum atomic E-state index is 0.538. The molecule has 1 aliphatic carbocycles. The molecular weight excluding hydrogens is 148 g/mol. The third kappa shape index (κ3) is 1.30. The largest absolute Gasteiger partial charge is 0.398 e. The van der Waals surface area contributed by atoms with E-state index in [4.69, 9.17) is 11.5 Å². The average Bonchev–Trinajstić information content (AvgIpc) is 2.86. The summed E-state index contributed by atoms with van der Waals surface area (Å²) in [5.74, 6) is 0.777. The normalized spacial score (nSPS) is 16.4. The highest BCUT2D eigenvalue weighted by Gasteiger charge is 2.23. The van der Waals surface area contributed by atoms with Crippen molar-refractivity contribution < 1.29 is 0 Å². The van der Waals surface area contributed by atoms with E-state index in [2.05, 4.69) is 12.1 Å². The third-order valence-electron chi connectivity index (χ3n) is 2.44. The summed E-state index contributed by atoms with van der Waals surface area (Å²) in [7, 11) is 0. The second-order valence-corrected chi connectivity index (χ2v) is 3.44. The number of anilines is 1. The van der Waals surface area contributed by atoms with Crippen LogP contribution in [0.3, 0.4) is 0 Å². The van der Waals surface area contributed by atoms with Crippen molar-refractivity contribution in [2.75, 3.05) is 5.73 Å². The van der Waals surface area contributed by atoms with Gasteiger partial charge in [-0.25, -0.2) is 0 Å². The lowest BCUT2D eigenvalue weighted by atomic mass is 10.1. The van der Waals surface area contributed by atoms with Crippen molar-refractivity contribution in [1.82, 2.24) is 0 Å². The number of hydrogen-bond acceptors (Lipinski definition) is 2. The number of rotatable bonds is 2. The lowest BCUT2D eigenvalue weighted by molar-refractivity contribution is 1.06. The Balaban J connectivity index is 2.30. The van der Waals surface area contributed by atoms with Crippen molar-refractivity contribution in [1.29, 1.82) is 0 Å². The van der Waals surface area contributed by atoms with Crippen LogP contribution in [-0.4, -0.2) is 0 Å². The first-order chi connectivity index (χ1) is 5.81. The van der Waals surface area contributed by atoms with Gasteiger partial charge >= 0.3 is 0 Å². The molecule has 0 aliphatic heterocycles. The molecule has 0 radical (unpaired) electrons. The molecule has 0 saturated heterocycles. The molecule has 2 rings (SSSR count). The van der Waals surface area contributed by atoms with Crippen LogP contribution in [0.25, 0.3) is 0 Å². The molecule has 1 fully saturated rings. The first-order valence-corrected chi connectivity index (χ1v) is 4.39. The Labute approximate surface area is 72.6 Å². The summed E-state index contributed by atoms with van der Waals surface area (Å²) in [6.07, 6.45) is 2.64. The number of nitrogen functional groups attached to an aromatic ring is 1. The average molecular weight is 162 g/mol. The Morgan fingerprint density at radius 2 is 2.08 bits per heavy atom. The maximum Gasteiger partial charge on any atom is 0.0362 e. The quantitative estimate of drug-likeness (QED) is 0.649. The maximum atomic E-state index is 5.82. The standard InChI is InChI=1S/C10H14N2/c11-6-9-4-3-8(5-10(9)12)7-1-2-7/h3-5,7H,1-2,6,11-12H2. The zero-order valence-corrected chi connectivity index (χ0v) is 7.09. The first kappa shape index (κ1) is 7.62. The molecule has 64 valence electrons.